The van der Waals surface area contributed by atoms with Gasteiger partial charge < -0.3 is 15.0 Å². The topological polar surface area (TPSA) is 54.1 Å². The van der Waals surface area contributed by atoms with Crippen LogP contribution in [0.25, 0.3) is 10.9 Å². The third kappa shape index (κ3) is 3.53. The smallest absolute Gasteiger partial charge is 0.258 e. The number of amides is 1. The van der Waals surface area contributed by atoms with E-state index in [9.17, 15) is 9.18 Å². The molecule has 1 aromatic heterocycles. The molecule has 0 saturated carbocycles. The molecule has 0 fully saturated rings. The molecule has 0 spiro atoms. The van der Waals surface area contributed by atoms with Crippen LogP contribution in [0.15, 0.2) is 42.5 Å². The number of aromatic nitrogens is 1. The number of benzene rings is 2. The number of H-pyrrole nitrogens is 1. The van der Waals surface area contributed by atoms with Gasteiger partial charge in [0, 0.05) is 27.7 Å². The predicted molar refractivity (Wildman–Crippen MR) is 99.2 cm³/mol. The Morgan fingerprint density at radius 2 is 2.08 bits per heavy atom. The Morgan fingerprint density at radius 3 is 2.88 bits per heavy atom. The van der Waals surface area contributed by atoms with Crippen LogP contribution >= 0.6 is 11.6 Å². The summed E-state index contributed by atoms with van der Waals surface area (Å²) in [4.78, 5) is 15.5. The summed E-state index contributed by atoms with van der Waals surface area (Å²) >= 11 is 5.83. The normalized spacial score (nSPS) is 16.3. The lowest BCUT2D eigenvalue weighted by atomic mass is 9.91. The molecule has 4 nitrogen and oxygen atoms in total. The minimum absolute atomic E-state index is 0.0376. The SMILES string of the molecule is O=C(COc1ccc(Cl)cc1)NC1CCc2[nH]c3cc(F)ccc3c2C1. The molecule has 1 heterocycles. The average Bonchev–Trinajstić information content (AvgIpc) is 2.98. The number of hydrogen-bond acceptors (Lipinski definition) is 2. The molecule has 26 heavy (non-hydrogen) atoms. The van der Waals surface area contributed by atoms with Crippen molar-refractivity contribution in [2.45, 2.75) is 25.3 Å². The standard InChI is InChI=1S/C20H18ClFN2O2/c21-12-1-5-15(6-2-12)26-11-20(25)23-14-4-8-18-17(10-14)16-7-3-13(22)9-19(16)24-18/h1-3,5-7,9,14,24H,4,8,10-11H2,(H,23,25). The maximum Gasteiger partial charge on any atom is 0.258 e. The van der Waals surface area contributed by atoms with Crippen molar-refractivity contribution in [3.63, 3.8) is 0 Å². The number of carbonyl (C=O) groups excluding carboxylic acids is 1. The van der Waals surface area contributed by atoms with Crippen LogP contribution in [0.4, 0.5) is 4.39 Å². The van der Waals surface area contributed by atoms with Crippen LogP contribution < -0.4 is 10.1 Å². The van der Waals surface area contributed by atoms with Gasteiger partial charge in [-0.25, -0.2) is 4.39 Å². The van der Waals surface area contributed by atoms with E-state index in [0.29, 0.717) is 10.8 Å². The van der Waals surface area contributed by atoms with Gasteiger partial charge in [-0.15, -0.1) is 0 Å². The summed E-state index contributed by atoms with van der Waals surface area (Å²) in [6, 6.07) is 11.7. The van der Waals surface area contributed by atoms with E-state index in [1.54, 1.807) is 30.3 Å². The Labute approximate surface area is 155 Å². The van der Waals surface area contributed by atoms with Gasteiger partial charge in [-0.2, -0.15) is 0 Å². The first-order valence-corrected chi connectivity index (χ1v) is 8.93. The maximum atomic E-state index is 13.4. The van der Waals surface area contributed by atoms with Gasteiger partial charge in [-0.05, 0) is 67.3 Å². The Kier molecular flexibility index (Phi) is 4.55. The zero-order valence-corrected chi connectivity index (χ0v) is 14.8. The van der Waals surface area contributed by atoms with Crippen LogP contribution in [0.1, 0.15) is 17.7 Å². The molecule has 6 heteroatoms. The number of ether oxygens (including phenoxy) is 1. The molecule has 0 radical (unpaired) electrons. The average molecular weight is 373 g/mol. The quantitative estimate of drug-likeness (QED) is 0.727. The van der Waals surface area contributed by atoms with E-state index >= 15 is 0 Å². The molecular formula is C20H18ClFN2O2. The summed E-state index contributed by atoms with van der Waals surface area (Å²) in [7, 11) is 0. The van der Waals surface area contributed by atoms with Crippen molar-refractivity contribution in [1.82, 2.24) is 10.3 Å². The molecule has 0 saturated heterocycles. The molecule has 2 N–H and O–H groups in total. The summed E-state index contributed by atoms with van der Waals surface area (Å²) in [5.74, 6) is 0.203. The number of aryl methyl sites for hydroxylation is 1. The molecule has 1 unspecified atom stereocenters. The Hall–Kier alpha value is -2.53. The molecule has 0 bridgehead atoms. The van der Waals surface area contributed by atoms with Crippen LogP contribution in [0, 0.1) is 5.82 Å². The Bertz CT molecular complexity index is 952. The minimum Gasteiger partial charge on any atom is -0.484 e. The third-order valence-electron chi connectivity index (χ3n) is 4.70. The van der Waals surface area contributed by atoms with E-state index in [-0.39, 0.29) is 24.4 Å². The summed E-state index contributed by atoms with van der Waals surface area (Å²) in [5, 5.41) is 4.68. The molecule has 1 aliphatic rings. The second-order valence-electron chi connectivity index (χ2n) is 6.52. The Balaban J connectivity index is 1.38. The molecule has 1 atom stereocenters. The van der Waals surface area contributed by atoms with Crippen molar-refractivity contribution in [3.8, 4) is 5.75 Å². The fourth-order valence-corrected chi connectivity index (χ4v) is 3.60. The lowest BCUT2D eigenvalue weighted by Crippen LogP contribution is -2.41. The second kappa shape index (κ2) is 7.00. The highest BCUT2D eigenvalue weighted by molar-refractivity contribution is 6.30. The summed E-state index contributed by atoms with van der Waals surface area (Å²) in [6.07, 6.45) is 2.40. The van der Waals surface area contributed by atoms with Gasteiger partial charge in [0.2, 0.25) is 0 Å². The number of aromatic amines is 1. The molecule has 4 rings (SSSR count). The van der Waals surface area contributed by atoms with Gasteiger partial charge in [0.1, 0.15) is 11.6 Å². The van der Waals surface area contributed by atoms with Crippen molar-refractivity contribution in [3.05, 3.63) is 64.6 Å². The number of fused-ring (bicyclic) bond motifs is 3. The maximum absolute atomic E-state index is 13.4. The van der Waals surface area contributed by atoms with Crippen LogP contribution in [-0.2, 0) is 17.6 Å². The minimum atomic E-state index is -0.250. The molecule has 2 aromatic carbocycles. The first kappa shape index (κ1) is 16.9. The first-order valence-electron chi connectivity index (χ1n) is 8.55. The fraction of sp³-hybridized carbons (Fsp3) is 0.250. The van der Waals surface area contributed by atoms with Crippen LogP contribution in [0.3, 0.4) is 0 Å². The zero-order chi connectivity index (χ0) is 18.1. The molecule has 0 aliphatic heterocycles. The monoisotopic (exact) mass is 372 g/mol. The lowest BCUT2D eigenvalue weighted by Gasteiger charge is -2.23. The molecule has 1 amide bonds. The largest absolute Gasteiger partial charge is 0.484 e. The Morgan fingerprint density at radius 1 is 1.27 bits per heavy atom. The zero-order valence-electron chi connectivity index (χ0n) is 14.0. The van der Waals surface area contributed by atoms with Gasteiger partial charge in [0.25, 0.3) is 5.91 Å². The van der Waals surface area contributed by atoms with Gasteiger partial charge >= 0.3 is 0 Å². The fourth-order valence-electron chi connectivity index (χ4n) is 3.47. The third-order valence-corrected chi connectivity index (χ3v) is 4.95. The highest BCUT2D eigenvalue weighted by Crippen LogP contribution is 2.29. The summed E-state index contributed by atoms with van der Waals surface area (Å²) < 4.78 is 18.9. The van der Waals surface area contributed by atoms with Gasteiger partial charge in [-0.3, -0.25) is 4.79 Å². The predicted octanol–water partition coefficient (Wildman–Crippen LogP) is 4.01. The van der Waals surface area contributed by atoms with E-state index in [1.807, 2.05) is 0 Å². The second-order valence-corrected chi connectivity index (χ2v) is 6.96. The van der Waals surface area contributed by atoms with Crippen LogP contribution in [0.5, 0.6) is 5.75 Å². The number of rotatable bonds is 4. The molecule has 134 valence electrons. The first-order chi connectivity index (χ1) is 12.6. The van der Waals surface area contributed by atoms with Crippen molar-refractivity contribution in [2.24, 2.45) is 0 Å². The number of carbonyl (C=O) groups is 1. The summed E-state index contributed by atoms with van der Waals surface area (Å²) in [5.41, 5.74) is 3.11. The lowest BCUT2D eigenvalue weighted by molar-refractivity contribution is -0.123. The number of nitrogens with one attached hydrogen (secondary N) is 2. The summed E-state index contributed by atoms with van der Waals surface area (Å²) in [6.45, 7) is -0.0376. The molecule has 1 aliphatic carbocycles. The molecule has 3 aromatic rings. The van der Waals surface area contributed by atoms with Gasteiger partial charge in [0.05, 0.1) is 0 Å². The van der Waals surface area contributed by atoms with Gasteiger partial charge in [-0.1, -0.05) is 11.6 Å². The highest BCUT2D eigenvalue weighted by atomic mass is 35.5. The number of hydrogen-bond donors (Lipinski definition) is 2. The van der Waals surface area contributed by atoms with Crippen molar-refractivity contribution in [1.29, 1.82) is 0 Å². The van der Waals surface area contributed by atoms with Crippen LogP contribution in [0.2, 0.25) is 5.02 Å². The van der Waals surface area contributed by atoms with E-state index < -0.39 is 0 Å². The number of halogens is 2. The highest BCUT2D eigenvalue weighted by Gasteiger charge is 2.24. The van der Waals surface area contributed by atoms with E-state index in [1.165, 1.54) is 12.1 Å². The van der Waals surface area contributed by atoms with Crippen LogP contribution in [-0.4, -0.2) is 23.5 Å². The van der Waals surface area contributed by atoms with E-state index in [0.717, 1.165) is 41.4 Å². The van der Waals surface area contributed by atoms with E-state index in [2.05, 4.69) is 10.3 Å². The van der Waals surface area contributed by atoms with Gasteiger partial charge in [0.15, 0.2) is 6.61 Å². The van der Waals surface area contributed by atoms with E-state index in [4.69, 9.17) is 16.3 Å². The van der Waals surface area contributed by atoms with Crippen molar-refractivity contribution in [2.75, 3.05) is 6.61 Å². The molecular weight excluding hydrogens is 355 g/mol. The van der Waals surface area contributed by atoms with Crippen molar-refractivity contribution < 1.29 is 13.9 Å². The van der Waals surface area contributed by atoms with Crippen molar-refractivity contribution >= 4 is 28.4 Å².